The van der Waals surface area contributed by atoms with Gasteiger partial charge in [0.15, 0.2) is 0 Å². The van der Waals surface area contributed by atoms with E-state index in [2.05, 4.69) is 5.32 Å². The maximum Gasteiger partial charge on any atom is 0.317 e. The van der Waals surface area contributed by atoms with E-state index in [1.807, 2.05) is 28.4 Å². The summed E-state index contributed by atoms with van der Waals surface area (Å²) in [6, 6.07) is 1.22. The summed E-state index contributed by atoms with van der Waals surface area (Å²) >= 11 is 4.10. The van der Waals surface area contributed by atoms with E-state index >= 15 is 0 Å². The molecule has 0 radical (unpaired) electrons. The fourth-order valence-corrected chi connectivity index (χ4v) is 4.92. The lowest BCUT2D eigenvalue weighted by atomic mass is 10.0. The Balaban J connectivity index is 1.67. The molecular formula is C12H22N2O2S2. The molecule has 6 heteroatoms. The van der Waals surface area contributed by atoms with Crippen LogP contribution in [0.3, 0.4) is 0 Å². The summed E-state index contributed by atoms with van der Waals surface area (Å²) in [6.45, 7) is 2.02. The lowest BCUT2D eigenvalue weighted by Crippen LogP contribution is -2.48. The van der Waals surface area contributed by atoms with Crippen LogP contribution >= 0.6 is 23.5 Å². The Morgan fingerprint density at radius 1 is 1.17 bits per heavy atom. The van der Waals surface area contributed by atoms with Crippen LogP contribution in [0.2, 0.25) is 0 Å². The molecule has 0 atom stereocenters. The summed E-state index contributed by atoms with van der Waals surface area (Å²) in [6.07, 6.45) is 2.16. The normalized spacial score (nSPS) is 24.9. The van der Waals surface area contributed by atoms with Crippen molar-refractivity contribution < 1.29 is 9.90 Å². The highest BCUT2D eigenvalue weighted by molar-refractivity contribution is 8.03. The van der Waals surface area contributed by atoms with E-state index in [0.29, 0.717) is 12.1 Å². The van der Waals surface area contributed by atoms with Gasteiger partial charge in [-0.2, -0.15) is 23.5 Å². The van der Waals surface area contributed by atoms with Crippen LogP contribution in [0.1, 0.15) is 12.8 Å². The summed E-state index contributed by atoms with van der Waals surface area (Å²) in [5, 5.41) is 12.5. The van der Waals surface area contributed by atoms with Gasteiger partial charge in [0.1, 0.15) is 0 Å². The molecular weight excluding hydrogens is 268 g/mol. The van der Waals surface area contributed by atoms with E-state index in [1.54, 1.807) is 0 Å². The molecule has 2 aliphatic rings. The monoisotopic (exact) mass is 290 g/mol. The van der Waals surface area contributed by atoms with Crippen molar-refractivity contribution in [2.24, 2.45) is 0 Å². The first-order chi connectivity index (χ1) is 8.74. The van der Waals surface area contributed by atoms with Crippen molar-refractivity contribution in [2.45, 2.75) is 24.9 Å². The molecule has 0 aromatic carbocycles. The van der Waals surface area contributed by atoms with E-state index < -0.39 is 5.97 Å². The predicted octanol–water partition coefficient (Wildman–Crippen LogP) is 0.974. The first-order valence-corrected chi connectivity index (χ1v) is 8.90. The van der Waals surface area contributed by atoms with E-state index in [4.69, 9.17) is 5.11 Å². The fraction of sp³-hybridized carbons (Fsp3) is 0.917. The third-order valence-corrected chi connectivity index (χ3v) is 5.95. The number of hydrogen-bond acceptors (Lipinski definition) is 5. The second-order valence-corrected chi connectivity index (χ2v) is 7.26. The number of hydrogen-bond donors (Lipinski definition) is 2. The molecule has 2 heterocycles. The zero-order chi connectivity index (χ0) is 12.8. The Bertz CT molecular complexity index is 263. The summed E-state index contributed by atoms with van der Waals surface area (Å²) < 4.78 is 0. The number of nitrogens with zero attached hydrogens (tertiary/aromatic N) is 1. The third-order valence-electron chi connectivity index (χ3n) is 3.43. The minimum absolute atomic E-state index is 0.196. The highest BCUT2D eigenvalue weighted by atomic mass is 32.2. The number of carboxylic acids is 1. The molecule has 0 bridgehead atoms. The third kappa shape index (κ3) is 4.99. The lowest BCUT2D eigenvalue weighted by Gasteiger charge is -2.33. The molecule has 0 spiro atoms. The fourth-order valence-electron chi connectivity index (χ4n) is 2.50. The Hall–Kier alpha value is 0.0900. The van der Waals surface area contributed by atoms with Crippen molar-refractivity contribution in [3.05, 3.63) is 0 Å². The SMILES string of the molecule is O=C(O)CN1CCC(NC2CSCCSC2)CC1. The van der Waals surface area contributed by atoms with Gasteiger partial charge >= 0.3 is 5.97 Å². The van der Waals surface area contributed by atoms with Crippen molar-refractivity contribution in [3.8, 4) is 0 Å². The maximum absolute atomic E-state index is 10.6. The van der Waals surface area contributed by atoms with Gasteiger partial charge in [-0.05, 0) is 12.8 Å². The molecule has 0 aromatic heterocycles. The molecule has 0 aromatic rings. The van der Waals surface area contributed by atoms with Gasteiger partial charge in [-0.1, -0.05) is 0 Å². The molecule has 0 aliphatic carbocycles. The average Bonchev–Trinajstić information content (AvgIpc) is 2.60. The largest absolute Gasteiger partial charge is 0.480 e. The maximum atomic E-state index is 10.6. The highest BCUT2D eigenvalue weighted by Gasteiger charge is 2.23. The van der Waals surface area contributed by atoms with Gasteiger partial charge in [-0.15, -0.1) is 0 Å². The van der Waals surface area contributed by atoms with E-state index in [1.165, 1.54) is 23.0 Å². The lowest BCUT2D eigenvalue weighted by molar-refractivity contribution is -0.138. The van der Waals surface area contributed by atoms with E-state index in [-0.39, 0.29) is 6.54 Å². The molecule has 18 heavy (non-hydrogen) atoms. The first kappa shape index (κ1) is 14.5. The molecule has 2 saturated heterocycles. The van der Waals surface area contributed by atoms with Gasteiger partial charge in [-0.25, -0.2) is 0 Å². The summed E-state index contributed by atoms with van der Waals surface area (Å²) in [5.74, 6) is 4.29. The molecule has 2 rings (SSSR count). The van der Waals surface area contributed by atoms with Crippen molar-refractivity contribution in [3.63, 3.8) is 0 Å². The van der Waals surface area contributed by atoms with Crippen molar-refractivity contribution >= 4 is 29.5 Å². The molecule has 0 saturated carbocycles. The minimum atomic E-state index is -0.710. The summed E-state index contributed by atoms with van der Waals surface area (Å²) in [5.41, 5.74) is 0. The van der Waals surface area contributed by atoms with Gasteiger partial charge in [0, 0.05) is 48.2 Å². The second-order valence-electron chi connectivity index (χ2n) is 4.96. The van der Waals surface area contributed by atoms with Crippen LogP contribution in [-0.2, 0) is 4.79 Å². The Labute approximate surface area is 117 Å². The number of nitrogens with one attached hydrogen (secondary N) is 1. The van der Waals surface area contributed by atoms with Gasteiger partial charge < -0.3 is 10.4 Å². The number of rotatable bonds is 4. The number of likely N-dealkylation sites (tertiary alicyclic amines) is 1. The predicted molar refractivity (Wildman–Crippen MR) is 78.7 cm³/mol. The van der Waals surface area contributed by atoms with Crippen LogP contribution in [0.5, 0.6) is 0 Å². The van der Waals surface area contributed by atoms with E-state index in [9.17, 15) is 4.79 Å². The van der Waals surface area contributed by atoms with Crippen LogP contribution in [0.4, 0.5) is 0 Å². The van der Waals surface area contributed by atoms with Crippen molar-refractivity contribution in [1.29, 1.82) is 0 Å². The van der Waals surface area contributed by atoms with Gasteiger partial charge in [0.2, 0.25) is 0 Å². The van der Waals surface area contributed by atoms with Gasteiger partial charge in [-0.3, -0.25) is 9.69 Å². The Morgan fingerprint density at radius 3 is 2.33 bits per heavy atom. The smallest absolute Gasteiger partial charge is 0.317 e. The molecule has 2 fully saturated rings. The first-order valence-electron chi connectivity index (χ1n) is 6.60. The van der Waals surface area contributed by atoms with Crippen molar-refractivity contribution in [1.82, 2.24) is 10.2 Å². The quantitative estimate of drug-likeness (QED) is 0.805. The molecule has 4 nitrogen and oxygen atoms in total. The number of piperidine rings is 1. The van der Waals surface area contributed by atoms with Crippen LogP contribution in [0, 0.1) is 0 Å². The number of thioether (sulfide) groups is 2. The Morgan fingerprint density at radius 2 is 1.78 bits per heavy atom. The summed E-state index contributed by atoms with van der Waals surface area (Å²) in [7, 11) is 0. The number of aliphatic carboxylic acids is 1. The van der Waals surface area contributed by atoms with E-state index in [0.717, 1.165) is 25.9 Å². The highest BCUT2D eigenvalue weighted by Crippen LogP contribution is 2.18. The van der Waals surface area contributed by atoms with Crippen molar-refractivity contribution in [2.75, 3.05) is 42.6 Å². The van der Waals surface area contributed by atoms with Crippen LogP contribution in [-0.4, -0.2) is 70.7 Å². The second kappa shape index (κ2) is 7.62. The van der Waals surface area contributed by atoms with Gasteiger partial charge in [0.05, 0.1) is 6.54 Å². The average molecular weight is 290 g/mol. The molecule has 2 N–H and O–H groups in total. The standard InChI is InChI=1S/C12H22N2O2S2/c15-12(16)7-14-3-1-10(2-4-14)13-11-8-17-5-6-18-9-11/h10-11,13H,1-9H2,(H,15,16). The van der Waals surface area contributed by atoms with Crippen LogP contribution in [0.25, 0.3) is 0 Å². The van der Waals surface area contributed by atoms with Crippen LogP contribution < -0.4 is 5.32 Å². The van der Waals surface area contributed by atoms with Gasteiger partial charge in [0.25, 0.3) is 0 Å². The number of carboxylic acid groups (broad SMARTS) is 1. The summed E-state index contributed by atoms with van der Waals surface area (Å²) in [4.78, 5) is 12.7. The van der Waals surface area contributed by atoms with Crippen LogP contribution in [0.15, 0.2) is 0 Å². The zero-order valence-corrected chi connectivity index (χ0v) is 12.3. The Kier molecular flexibility index (Phi) is 6.14. The molecule has 104 valence electrons. The molecule has 2 aliphatic heterocycles. The zero-order valence-electron chi connectivity index (χ0n) is 10.6. The number of carbonyl (C=O) groups is 1. The topological polar surface area (TPSA) is 52.6 Å². The molecule has 0 amide bonds. The minimum Gasteiger partial charge on any atom is -0.480 e. The molecule has 0 unspecified atom stereocenters.